The average molecular weight is 331 g/mol. The summed E-state index contributed by atoms with van der Waals surface area (Å²) in [5.74, 6) is -0.323. The summed E-state index contributed by atoms with van der Waals surface area (Å²) in [6.07, 6.45) is 3.10. The van der Waals surface area contributed by atoms with Crippen LogP contribution < -0.4 is 11.1 Å². The summed E-state index contributed by atoms with van der Waals surface area (Å²) in [6.45, 7) is 4.32. The van der Waals surface area contributed by atoms with Crippen molar-refractivity contribution in [3.8, 4) is 5.69 Å². The van der Waals surface area contributed by atoms with E-state index in [9.17, 15) is 14.9 Å². The van der Waals surface area contributed by atoms with E-state index < -0.39 is 10.5 Å². The first-order valence-corrected chi connectivity index (χ1v) is 7.76. The van der Waals surface area contributed by atoms with Crippen molar-refractivity contribution >= 4 is 11.6 Å². The highest BCUT2D eigenvalue weighted by molar-refractivity contribution is 5.92. The van der Waals surface area contributed by atoms with E-state index in [0.717, 1.165) is 12.8 Å². The molecule has 24 heavy (non-hydrogen) atoms. The summed E-state index contributed by atoms with van der Waals surface area (Å²) in [5.41, 5.74) is 6.44. The lowest BCUT2D eigenvalue weighted by atomic mass is 9.94. The highest BCUT2D eigenvalue weighted by Gasteiger charge is 2.22. The Balaban J connectivity index is 2.11. The molecule has 0 aliphatic heterocycles. The summed E-state index contributed by atoms with van der Waals surface area (Å²) < 4.78 is 1.43. The van der Waals surface area contributed by atoms with Gasteiger partial charge in [-0.3, -0.25) is 14.9 Å². The second-order valence-electron chi connectivity index (χ2n) is 5.67. The zero-order valence-corrected chi connectivity index (χ0v) is 13.7. The molecular formula is C16H21N5O3. The number of nitrogens with one attached hydrogen (secondary N) is 1. The summed E-state index contributed by atoms with van der Waals surface area (Å²) in [6, 6.07) is 7.61. The third kappa shape index (κ3) is 3.96. The number of hydrogen-bond acceptors (Lipinski definition) is 5. The number of carbonyl (C=O) groups excluding carboxylic acids is 1. The lowest BCUT2D eigenvalue weighted by Gasteiger charge is -2.26. The highest BCUT2D eigenvalue weighted by Crippen LogP contribution is 2.16. The zero-order chi connectivity index (χ0) is 17.7. The fourth-order valence-corrected chi connectivity index (χ4v) is 2.18. The van der Waals surface area contributed by atoms with Crippen molar-refractivity contribution in [1.29, 1.82) is 0 Å². The Morgan fingerprint density at radius 1 is 1.38 bits per heavy atom. The van der Waals surface area contributed by atoms with E-state index in [1.807, 2.05) is 13.8 Å². The van der Waals surface area contributed by atoms with Gasteiger partial charge in [0.1, 0.15) is 0 Å². The van der Waals surface area contributed by atoms with Gasteiger partial charge in [0.05, 0.1) is 10.6 Å². The SMILES string of the molecule is CCC(N)(CC)CNC(=O)c1ccn(-c2cccc([N+](=O)[O-])c2)n1. The molecule has 0 unspecified atom stereocenters. The quantitative estimate of drug-likeness (QED) is 0.595. The maximum atomic E-state index is 12.2. The normalized spacial score (nSPS) is 11.3. The van der Waals surface area contributed by atoms with Gasteiger partial charge in [-0.25, -0.2) is 4.68 Å². The molecule has 0 saturated carbocycles. The Labute approximate surface area is 139 Å². The number of nitro benzene ring substituents is 1. The lowest BCUT2D eigenvalue weighted by Crippen LogP contribution is -2.49. The van der Waals surface area contributed by atoms with Crippen LogP contribution in [0.1, 0.15) is 37.2 Å². The van der Waals surface area contributed by atoms with Crippen LogP contribution in [0.2, 0.25) is 0 Å². The van der Waals surface area contributed by atoms with Gasteiger partial charge in [-0.1, -0.05) is 19.9 Å². The van der Waals surface area contributed by atoms with E-state index >= 15 is 0 Å². The molecular weight excluding hydrogens is 310 g/mol. The predicted octanol–water partition coefficient (Wildman–Crippen LogP) is 2.03. The van der Waals surface area contributed by atoms with Crippen molar-refractivity contribution in [2.45, 2.75) is 32.2 Å². The van der Waals surface area contributed by atoms with Gasteiger partial charge in [0, 0.05) is 30.4 Å². The molecule has 1 aromatic carbocycles. The van der Waals surface area contributed by atoms with Crippen LogP contribution in [-0.2, 0) is 0 Å². The van der Waals surface area contributed by atoms with Crippen LogP contribution in [0.3, 0.4) is 0 Å². The Morgan fingerprint density at radius 2 is 2.08 bits per heavy atom. The zero-order valence-electron chi connectivity index (χ0n) is 13.7. The molecule has 0 spiro atoms. The molecule has 3 N–H and O–H groups in total. The number of non-ortho nitro benzene ring substituents is 1. The molecule has 1 aromatic heterocycles. The van der Waals surface area contributed by atoms with Gasteiger partial charge in [0.25, 0.3) is 11.6 Å². The minimum absolute atomic E-state index is 0.0344. The fraction of sp³-hybridized carbons (Fsp3) is 0.375. The largest absolute Gasteiger partial charge is 0.349 e. The van der Waals surface area contributed by atoms with Crippen LogP contribution in [0.4, 0.5) is 5.69 Å². The molecule has 8 heteroatoms. The molecule has 2 rings (SSSR count). The number of benzene rings is 1. The second kappa shape index (κ2) is 7.22. The van der Waals surface area contributed by atoms with Crippen molar-refractivity contribution in [3.05, 3.63) is 52.3 Å². The molecule has 0 aliphatic rings. The minimum atomic E-state index is -0.475. The molecule has 0 radical (unpaired) electrons. The molecule has 1 heterocycles. The van der Waals surface area contributed by atoms with E-state index in [1.54, 1.807) is 24.4 Å². The van der Waals surface area contributed by atoms with Gasteiger partial charge >= 0.3 is 0 Å². The Morgan fingerprint density at radius 3 is 2.71 bits per heavy atom. The molecule has 0 atom stereocenters. The standard InChI is InChI=1S/C16H21N5O3/c1-3-16(17,4-2)11-18-15(22)14-8-9-20(19-14)12-6-5-7-13(10-12)21(23)24/h5-10H,3-4,11,17H2,1-2H3,(H,18,22). The maximum absolute atomic E-state index is 12.2. The monoisotopic (exact) mass is 331 g/mol. The topological polar surface area (TPSA) is 116 Å². The summed E-state index contributed by atoms with van der Waals surface area (Å²) in [4.78, 5) is 22.6. The van der Waals surface area contributed by atoms with Crippen molar-refractivity contribution in [1.82, 2.24) is 15.1 Å². The summed E-state index contributed by atoms with van der Waals surface area (Å²) in [7, 11) is 0. The number of amides is 1. The smallest absolute Gasteiger partial charge is 0.271 e. The molecule has 8 nitrogen and oxygen atoms in total. The molecule has 0 bridgehead atoms. The Hall–Kier alpha value is -2.74. The lowest BCUT2D eigenvalue weighted by molar-refractivity contribution is -0.384. The van der Waals surface area contributed by atoms with Gasteiger partial charge < -0.3 is 11.1 Å². The molecule has 0 fully saturated rings. The van der Waals surface area contributed by atoms with Crippen LogP contribution in [0.15, 0.2) is 36.5 Å². The first-order valence-electron chi connectivity index (χ1n) is 7.76. The molecule has 1 amide bonds. The van der Waals surface area contributed by atoms with Crippen LogP contribution in [-0.4, -0.2) is 32.7 Å². The van der Waals surface area contributed by atoms with Crippen LogP contribution in [0.25, 0.3) is 5.69 Å². The summed E-state index contributed by atoms with van der Waals surface area (Å²) >= 11 is 0. The van der Waals surface area contributed by atoms with E-state index in [4.69, 9.17) is 5.73 Å². The van der Waals surface area contributed by atoms with Crippen molar-refractivity contribution in [3.63, 3.8) is 0 Å². The third-order valence-corrected chi connectivity index (χ3v) is 4.14. The van der Waals surface area contributed by atoms with Crippen molar-refractivity contribution in [2.75, 3.05) is 6.54 Å². The molecule has 0 saturated heterocycles. The van der Waals surface area contributed by atoms with E-state index in [2.05, 4.69) is 10.4 Å². The van der Waals surface area contributed by atoms with Crippen LogP contribution >= 0.6 is 0 Å². The second-order valence-corrected chi connectivity index (χ2v) is 5.67. The Kier molecular flexibility index (Phi) is 5.30. The van der Waals surface area contributed by atoms with Gasteiger partial charge in [-0.15, -0.1) is 0 Å². The van der Waals surface area contributed by atoms with Crippen LogP contribution in [0, 0.1) is 10.1 Å². The van der Waals surface area contributed by atoms with E-state index in [0.29, 0.717) is 12.2 Å². The molecule has 128 valence electrons. The van der Waals surface area contributed by atoms with Crippen molar-refractivity contribution in [2.24, 2.45) is 5.73 Å². The number of hydrogen-bond donors (Lipinski definition) is 2. The Bertz CT molecular complexity index is 737. The van der Waals surface area contributed by atoms with Gasteiger partial charge in [-0.2, -0.15) is 5.10 Å². The summed E-state index contributed by atoms with van der Waals surface area (Å²) in [5, 5.41) is 17.8. The van der Waals surface area contributed by atoms with Gasteiger partial charge in [-0.05, 0) is 25.0 Å². The number of nitrogens with zero attached hydrogens (tertiary/aromatic N) is 3. The van der Waals surface area contributed by atoms with E-state index in [1.165, 1.54) is 16.8 Å². The third-order valence-electron chi connectivity index (χ3n) is 4.14. The molecule has 0 aliphatic carbocycles. The number of carbonyl (C=O) groups is 1. The predicted molar refractivity (Wildman–Crippen MR) is 90.1 cm³/mol. The maximum Gasteiger partial charge on any atom is 0.271 e. The number of nitro groups is 1. The minimum Gasteiger partial charge on any atom is -0.349 e. The number of nitrogens with two attached hydrogens (primary N) is 1. The first-order chi connectivity index (χ1) is 11.4. The van der Waals surface area contributed by atoms with Crippen molar-refractivity contribution < 1.29 is 9.72 Å². The average Bonchev–Trinajstić information content (AvgIpc) is 3.09. The first kappa shape index (κ1) is 17.6. The van der Waals surface area contributed by atoms with E-state index in [-0.39, 0.29) is 17.3 Å². The number of rotatable bonds is 7. The van der Waals surface area contributed by atoms with Gasteiger partial charge in [0.15, 0.2) is 5.69 Å². The number of aromatic nitrogens is 2. The van der Waals surface area contributed by atoms with Gasteiger partial charge in [0.2, 0.25) is 0 Å². The molecule has 2 aromatic rings. The fourth-order valence-electron chi connectivity index (χ4n) is 2.18. The highest BCUT2D eigenvalue weighted by atomic mass is 16.6. The van der Waals surface area contributed by atoms with Crippen LogP contribution in [0.5, 0.6) is 0 Å².